The van der Waals surface area contributed by atoms with Crippen LogP contribution in [0.25, 0.3) is 0 Å². The van der Waals surface area contributed by atoms with E-state index in [4.69, 9.17) is 9.84 Å². The first kappa shape index (κ1) is 23.3. The normalized spacial score (nSPS) is 12.1. The summed E-state index contributed by atoms with van der Waals surface area (Å²) in [6.07, 6.45) is 12.8. The topological polar surface area (TPSA) is 63.6 Å². The smallest absolute Gasteiger partial charge is 0.309 e. The van der Waals surface area contributed by atoms with Crippen molar-refractivity contribution in [2.75, 3.05) is 18.1 Å². The van der Waals surface area contributed by atoms with Gasteiger partial charge in [0.15, 0.2) is 0 Å². The number of thioether (sulfide) groups is 1. The van der Waals surface area contributed by atoms with Crippen LogP contribution in [-0.4, -0.2) is 35.2 Å². The summed E-state index contributed by atoms with van der Waals surface area (Å²) in [5, 5.41) is 8.55. The fraction of sp³-hybridized carbons (Fsp3) is 0.895. The molecule has 0 rings (SSSR count). The Hall–Kier alpha value is -0.710. The molecular weight excluding hydrogens is 324 g/mol. The molecule has 1 N–H and O–H groups in total. The average molecular weight is 361 g/mol. The van der Waals surface area contributed by atoms with Gasteiger partial charge in [0.05, 0.1) is 18.9 Å². The maximum Gasteiger partial charge on any atom is 0.309 e. The zero-order valence-corrected chi connectivity index (χ0v) is 16.4. The molecule has 0 aromatic carbocycles. The summed E-state index contributed by atoms with van der Waals surface area (Å²) in [7, 11) is 0. The molecular formula is C19H36O4S. The molecule has 0 saturated heterocycles. The molecule has 1 unspecified atom stereocenters. The molecule has 142 valence electrons. The van der Waals surface area contributed by atoms with Gasteiger partial charge >= 0.3 is 11.9 Å². The number of carbonyl (C=O) groups is 2. The molecule has 0 saturated carbocycles. The van der Waals surface area contributed by atoms with Gasteiger partial charge in [-0.2, -0.15) is 11.8 Å². The van der Waals surface area contributed by atoms with Crippen LogP contribution in [0, 0.1) is 5.92 Å². The lowest BCUT2D eigenvalue weighted by Gasteiger charge is -2.11. The van der Waals surface area contributed by atoms with Gasteiger partial charge in [-0.1, -0.05) is 71.6 Å². The summed E-state index contributed by atoms with van der Waals surface area (Å²) < 4.78 is 5.29. The van der Waals surface area contributed by atoms with Crippen LogP contribution in [0.4, 0.5) is 0 Å². The van der Waals surface area contributed by atoms with Gasteiger partial charge in [0, 0.05) is 11.5 Å². The number of rotatable bonds is 17. The molecule has 0 spiro atoms. The lowest BCUT2D eigenvalue weighted by Crippen LogP contribution is -2.18. The monoisotopic (exact) mass is 360 g/mol. The van der Waals surface area contributed by atoms with Gasteiger partial charge in [0.2, 0.25) is 0 Å². The highest BCUT2D eigenvalue weighted by Gasteiger charge is 2.14. The minimum atomic E-state index is -0.793. The second-order valence-corrected chi connectivity index (χ2v) is 7.62. The van der Waals surface area contributed by atoms with E-state index < -0.39 is 5.97 Å². The van der Waals surface area contributed by atoms with E-state index in [2.05, 4.69) is 6.92 Å². The van der Waals surface area contributed by atoms with E-state index >= 15 is 0 Å². The van der Waals surface area contributed by atoms with Crippen molar-refractivity contribution in [3.63, 3.8) is 0 Å². The molecule has 0 amide bonds. The van der Waals surface area contributed by atoms with Gasteiger partial charge in [0.1, 0.15) is 0 Å². The first-order valence-corrected chi connectivity index (χ1v) is 10.7. The van der Waals surface area contributed by atoms with E-state index in [1.165, 1.54) is 63.1 Å². The molecule has 0 fully saturated rings. The van der Waals surface area contributed by atoms with E-state index in [0.717, 1.165) is 12.8 Å². The van der Waals surface area contributed by atoms with Crippen molar-refractivity contribution in [3.05, 3.63) is 0 Å². The number of hydrogen-bond acceptors (Lipinski definition) is 4. The number of esters is 1. The van der Waals surface area contributed by atoms with Crippen molar-refractivity contribution >= 4 is 23.7 Å². The molecule has 0 aliphatic carbocycles. The Morgan fingerprint density at radius 2 is 1.50 bits per heavy atom. The number of carboxylic acid groups (broad SMARTS) is 1. The number of ether oxygens (including phenoxy) is 1. The van der Waals surface area contributed by atoms with Gasteiger partial charge in [-0.3, -0.25) is 9.59 Å². The number of carboxylic acids is 1. The first-order valence-electron chi connectivity index (χ1n) is 9.54. The van der Waals surface area contributed by atoms with Crippen LogP contribution in [0.5, 0.6) is 0 Å². The van der Waals surface area contributed by atoms with Gasteiger partial charge in [-0.15, -0.1) is 0 Å². The molecule has 0 aromatic heterocycles. The summed E-state index contributed by atoms with van der Waals surface area (Å²) >= 11 is 1.50. The lowest BCUT2D eigenvalue weighted by molar-refractivity contribution is -0.147. The molecule has 1 atom stereocenters. The molecule has 0 radical (unpaired) electrons. The summed E-state index contributed by atoms with van der Waals surface area (Å²) in [5.41, 5.74) is 0. The first-order chi connectivity index (χ1) is 11.6. The fourth-order valence-electron chi connectivity index (χ4n) is 2.39. The van der Waals surface area contributed by atoms with Crippen LogP contribution in [0.1, 0.15) is 84.5 Å². The Morgan fingerprint density at radius 3 is 2.04 bits per heavy atom. The van der Waals surface area contributed by atoms with Gasteiger partial charge in [-0.05, 0) is 6.42 Å². The molecule has 0 aliphatic heterocycles. The predicted molar refractivity (Wildman–Crippen MR) is 102 cm³/mol. The predicted octanol–water partition coefficient (Wildman–Crippen LogP) is 5.29. The summed E-state index contributed by atoms with van der Waals surface area (Å²) in [6.45, 7) is 4.60. The summed E-state index contributed by atoms with van der Waals surface area (Å²) in [5.74, 6) is 0.0644. The highest BCUT2D eigenvalue weighted by Crippen LogP contribution is 2.13. The van der Waals surface area contributed by atoms with Crippen molar-refractivity contribution in [2.45, 2.75) is 84.5 Å². The van der Waals surface area contributed by atoms with Gasteiger partial charge in [0.25, 0.3) is 0 Å². The second-order valence-electron chi connectivity index (χ2n) is 6.47. The minimum absolute atomic E-state index is 0.144. The maximum atomic E-state index is 11.8. The lowest BCUT2D eigenvalue weighted by atomic mass is 10.1. The van der Waals surface area contributed by atoms with Crippen molar-refractivity contribution in [1.82, 2.24) is 0 Å². The number of aliphatic carboxylic acids is 1. The molecule has 4 nitrogen and oxygen atoms in total. The third-order valence-electron chi connectivity index (χ3n) is 3.97. The van der Waals surface area contributed by atoms with E-state index in [-0.39, 0.29) is 18.3 Å². The van der Waals surface area contributed by atoms with Crippen molar-refractivity contribution < 1.29 is 19.4 Å². The Kier molecular flexibility index (Phi) is 16.6. The van der Waals surface area contributed by atoms with Crippen molar-refractivity contribution in [3.8, 4) is 0 Å². The largest absolute Gasteiger partial charge is 0.481 e. The molecule has 0 bridgehead atoms. The molecule has 24 heavy (non-hydrogen) atoms. The van der Waals surface area contributed by atoms with E-state index in [1.807, 2.05) is 6.92 Å². The third kappa shape index (κ3) is 16.2. The van der Waals surface area contributed by atoms with Gasteiger partial charge < -0.3 is 9.84 Å². The average Bonchev–Trinajstić information content (AvgIpc) is 2.56. The van der Waals surface area contributed by atoms with E-state index in [9.17, 15) is 9.59 Å². The Balaban J connectivity index is 3.34. The third-order valence-corrected chi connectivity index (χ3v) is 5.20. The zero-order valence-electron chi connectivity index (χ0n) is 15.6. The van der Waals surface area contributed by atoms with Crippen LogP contribution in [-0.2, 0) is 14.3 Å². The van der Waals surface area contributed by atoms with Crippen LogP contribution in [0.15, 0.2) is 0 Å². The van der Waals surface area contributed by atoms with Crippen LogP contribution in [0.2, 0.25) is 0 Å². The highest BCUT2D eigenvalue weighted by molar-refractivity contribution is 7.99. The Morgan fingerprint density at radius 1 is 0.958 bits per heavy atom. The standard InChI is InChI=1S/C19H36O4S/c1-3-4-5-6-7-8-9-10-11-12-14-23-19(22)17(2)16-24-15-13-18(20)21/h17H,3-16H2,1-2H3,(H,20,21). The minimum Gasteiger partial charge on any atom is -0.481 e. The van der Waals surface area contributed by atoms with Crippen LogP contribution < -0.4 is 0 Å². The zero-order chi connectivity index (χ0) is 18.0. The van der Waals surface area contributed by atoms with Crippen molar-refractivity contribution in [2.24, 2.45) is 5.92 Å². The van der Waals surface area contributed by atoms with Crippen molar-refractivity contribution in [1.29, 1.82) is 0 Å². The number of unbranched alkanes of at least 4 members (excludes halogenated alkanes) is 9. The van der Waals surface area contributed by atoms with Crippen LogP contribution >= 0.6 is 11.8 Å². The maximum absolute atomic E-state index is 11.8. The van der Waals surface area contributed by atoms with E-state index in [0.29, 0.717) is 18.1 Å². The fourth-order valence-corrected chi connectivity index (χ4v) is 3.37. The second kappa shape index (κ2) is 17.1. The highest BCUT2D eigenvalue weighted by atomic mass is 32.2. The van der Waals surface area contributed by atoms with E-state index in [1.54, 1.807) is 0 Å². The van der Waals surface area contributed by atoms with Crippen LogP contribution in [0.3, 0.4) is 0 Å². The number of carbonyl (C=O) groups excluding carboxylic acids is 1. The van der Waals surface area contributed by atoms with Gasteiger partial charge in [-0.25, -0.2) is 0 Å². The quantitative estimate of drug-likeness (QED) is 0.282. The molecule has 0 aliphatic rings. The Labute approximate surface area is 152 Å². The molecule has 5 heteroatoms. The SMILES string of the molecule is CCCCCCCCCCCCOC(=O)C(C)CSCCC(=O)O. The molecule has 0 aromatic rings. The Bertz CT molecular complexity index is 320. The summed E-state index contributed by atoms with van der Waals surface area (Å²) in [6, 6.07) is 0. The molecule has 0 heterocycles. The summed E-state index contributed by atoms with van der Waals surface area (Å²) in [4.78, 5) is 22.2. The number of hydrogen-bond donors (Lipinski definition) is 1.